The molecule has 1 N–H and O–H groups in total. The number of para-hydroxylation sites is 2. The number of hydrogen-bond donors (Lipinski definition) is 1. The Labute approximate surface area is 175 Å². The third-order valence-electron chi connectivity index (χ3n) is 5.05. The van der Waals surface area contributed by atoms with Crippen LogP contribution in [0.15, 0.2) is 46.9 Å². The minimum Gasteiger partial charge on any atom is -0.424 e. The predicted molar refractivity (Wildman–Crippen MR) is 115 cm³/mol. The van der Waals surface area contributed by atoms with Crippen LogP contribution < -0.4 is 5.32 Å². The van der Waals surface area contributed by atoms with Gasteiger partial charge in [-0.25, -0.2) is 0 Å². The normalized spacial score (nSPS) is 17.1. The fraction of sp³-hybridized carbons (Fsp3) is 0.381. The number of oxazole rings is 1. The Morgan fingerprint density at radius 1 is 1.04 bits per heavy atom. The Morgan fingerprint density at radius 2 is 1.79 bits per heavy atom. The Balaban J connectivity index is 1.25. The number of piperazine rings is 1. The van der Waals surface area contributed by atoms with Gasteiger partial charge in [0.05, 0.1) is 10.0 Å². The first-order valence-electron chi connectivity index (χ1n) is 9.57. The zero-order valence-electron chi connectivity index (χ0n) is 15.9. The van der Waals surface area contributed by atoms with E-state index in [1.807, 2.05) is 42.5 Å². The summed E-state index contributed by atoms with van der Waals surface area (Å²) >= 11 is 12.1. The maximum atomic E-state index is 6.13. The van der Waals surface area contributed by atoms with Crippen molar-refractivity contribution in [3.63, 3.8) is 0 Å². The number of anilines is 1. The van der Waals surface area contributed by atoms with Crippen molar-refractivity contribution in [1.82, 2.24) is 14.8 Å². The molecule has 1 fully saturated rings. The van der Waals surface area contributed by atoms with Gasteiger partial charge in [-0.15, -0.1) is 0 Å². The van der Waals surface area contributed by atoms with Gasteiger partial charge in [0, 0.05) is 45.3 Å². The van der Waals surface area contributed by atoms with E-state index in [9.17, 15) is 0 Å². The summed E-state index contributed by atoms with van der Waals surface area (Å²) in [7, 11) is 0. The van der Waals surface area contributed by atoms with Crippen LogP contribution in [0.5, 0.6) is 0 Å². The molecule has 0 spiro atoms. The zero-order chi connectivity index (χ0) is 19.5. The van der Waals surface area contributed by atoms with E-state index >= 15 is 0 Å². The van der Waals surface area contributed by atoms with E-state index in [-0.39, 0.29) is 6.04 Å². The molecule has 3 aromatic rings. The molecule has 28 heavy (non-hydrogen) atoms. The highest BCUT2D eigenvalue weighted by Crippen LogP contribution is 2.23. The minimum absolute atomic E-state index is 0.259. The quantitative estimate of drug-likeness (QED) is 0.625. The van der Waals surface area contributed by atoms with Crippen LogP contribution in [0.4, 0.5) is 6.01 Å². The maximum Gasteiger partial charge on any atom is 0.295 e. The number of aromatic nitrogens is 1. The lowest BCUT2D eigenvalue weighted by molar-refractivity contribution is 0.124. The number of benzene rings is 2. The van der Waals surface area contributed by atoms with Crippen molar-refractivity contribution in [1.29, 1.82) is 0 Å². The summed E-state index contributed by atoms with van der Waals surface area (Å²) in [6, 6.07) is 14.5. The van der Waals surface area contributed by atoms with Gasteiger partial charge in [-0.2, -0.15) is 4.98 Å². The number of fused-ring (bicyclic) bond motifs is 1. The second-order valence-corrected chi connectivity index (χ2v) is 8.17. The number of nitrogens with one attached hydrogen (secondary N) is 1. The van der Waals surface area contributed by atoms with Gasteiger partial charge < -0.3 is 9.73 Å². The molecule has 1 aromatic heterocycles. The number of nitrogens with zero attached hydrogens (tertiary/aromatic N) is 3. The minimum atomic E-state index is 0.259. The van der Waals surface area contributed by atoms with E-state index in [0.29, 0.717) is 16.1 Å². The summed E-state index contributed by atoms with van der Waals surface area (Å²) in [5.41, 5.74) is 2.90. The zero-order valence-corrected chi connectivity index (χ0v) is 17.4. The maximum absolute atomic E-state index is 6.13. The molecule has 1 saturated heterocycles. The number of halogens is 2. The second kappa shape index (κ2) is 8.70. The molecule has 148 valence electrons. The van der Waals surface area contributed by atoms with Gasteiger partial charge >= 0.3 is 0 Å². The Hall–Kier alpha value is -1.79. The van der Waals surface area contributed by atoms with Crippen molar-refractivity contribution in [2.24, 2.45) is 0 Å². The molecule has 2 aromatic carbocycles. The molecule has 0 aliphatic carbocycles. The van der Waals surface area contributed by atoms with E-state index < -0.39 is 0 Å². The van der Waals surface area contributed by atoms with Gasteiger partial charge in [-0.05, 0) is 36.8 Å². The van der Waals surface area contributed by atoms with Crippen LogP contribution in [0.2, 0.25) is 10.0 Å². The fourth-order valence-corrected chi connectivity index (χ4v) is 3.92. The Bertz CT molecular complexity index is 904. The average Bonchev–Trinajstić information content (AvgIpc) is 3.08. The van der Waals surface area contributed by atoms with Crippen LogP contribution in [-0.4, -0.2) is 53.5 Å². The van der Waals surface area contributed by atoms with Crippen LogP contribution in [0.3, 0.4) is 0 Å². The van der Waals surface area contributed by atoms with Crippen molar-refractivity contribution in [2.45, 2.75) is 19.5 Å². The Kier molecular flexibility index (Phi) is 6.07. The molecule has 0 amide bonds. The first kappa shape index (κ1) is 19.5. The van der Waals surface area contributed by atoms with Crippen molar-refractivity contribution < 1.29 is 4.42 Å². The first-order valence-corrected chi connectivity index (χ1v) is 10.3. The van der Waals surface area contributed by atoms with Gasteiger partial charge in [-0.3, -0.25) is 9.80 Å². The predicted octanol–water partition coefficient (Wildman–Crippen LogP) is 4.75. The summed E-state index contributed by atoms with van der Waals surface area (Å²) in [6.45, 7) is 8.19. The lowest BCUT2D eigenvalue weighted by atomic mass is 10.2. The van der Waals surface area contributed by atoms with E-state index in [1.165, 1.54) is 5.56 Å². The Morgan fingerprint density at radius 3 is 2.54 bits per heavy atom. The van der Waals surface area contributed by atoms with Crippen molar-refractivity contribution in [3.8, 4) is 0 Å². The van der Waals surface area contributed by atoms with Gasteiger partial charge in [0.2, 0.25) is 0 Å². The molecule has 0 saturated carbocycles. The molecule has 0 unspecified atom stereocenters. The van der Waals surface area contributed by atoms with Gasteiger partial charge in [-0.1, -0.05) is 41.4 Å². The summed E-state index contributed by atoms with van der Waals surface area (Å²) in [4.78, 5) is 9.42. The SMILES string of the molecule is C[C@@H](CN1CCN(Cc2ccc(Cl)c(Cl)c2)CC1)Nc1nc2ccccc2o1. The van der Waals surface area contributed by atoms with E-state index in [4.69, 9.17) is 27.6 Å². The summed E-state index contributed by atoms with van der Waals surface area (Å²) in [6.07, 6.45) is 0. The van der Waals surface area contributed by atoms with Crippen molar-refractivity contribution in [3.05, 3.63) is 58.1 Å². The third-order valence-corrected chi connectivity index (χ3v) is 5.79. The highest BCUT2D eigenvalue weighted by atomic mass is 35.5. The lowest BCUT2D eigenvalue weighted by Gasteiger charge is -2.36. The van der Waals surface area contributed by atoms with Crippen LogP contribution in [-0.2, 0) is 6.54 Å². The van der Waals surface area contributed by atoms with Crippen LogP contribution in [0, 0.1) is 0 Å². The van der Waals surface area contributed by atoms with Crippen LogP contribution >= 0.6 is 23.2 Å². The molecule has 1 aliphatic heterocycles. The molecule has 2 heterocycles. The van der Waals surface area contributed by atoms with Crippen molar-refractivity contribution in [2.75, 3.05) is 38.0 Å². The first-order chi connectivity index (χ1) is 13.6. The number of hydrogen-bond acceptors (Lipinski definition) is 5. The van der Waals surface area contributed by atoms with Gasteiger partial charge in [0.1, 0.15) is 5.52 Å². The summed E-state index contributed by atoms with van der Waals surface area (Å²) in [5, 5.41) is 4.61. The largest absolute Gasteiger partial charge is 0.424 e. The molecular formula is C21H24Cl2N4O. The van der Waals surface area contributed by atoms with E-state index in [0.717, 1.165) is 50.4 Å². The number of rotatable bonds is 6. The monoisotopic (exact) mass is 418 g/mol. The van der Waals surface area contributed by atoms with Crippen LogP contribution in [0.25, 0.3) is 11.1 Å². The highest BCUT2D eigenvalue weighted by Gasteiger charge is 2.19. The van der Waals surface area contributed by atoms with E-state index in [2.05, 4.69) is 27.0 Å². The van der Waals surface area contributed by atoms with Gasteiger partial charge in [0.15, 0.2) is 5.58 Å². The second-order valence-electron chi connectivity index (χ2n) is 7.36. The van der Waals surface area contributed by atoms with Gasteiger partial charge in [0.25, 0.3) is 6.01 Å². The molecule has 7 heteroatoms. The topological polar surface area (TPSA) is 44.5 Å². The molecule has 0 bridgehead atoms. The van der Waals surface area contributed by atoms with Crippen molar-refractivity contribution >= 4 is 40.3 Å². The standard InChI is InChI=1S/C21H24Cl2N4O/c1-15(24-21-25-19-4-2-3-5-20(19)28-21)13-26-8-10-27(11-9-26)14-16-6-7-17(22)18(23)12-16/h2-7,12,15H,8-11,13-14H2,1H3,(H,24,25)/t15-/m0/s1. The van der Waals surface area contributed by atoms with E-state index in [1.54, 1.807) is 0 Å². The molecule has 1 aliphatic rings. The van der Waals surface area contributed by atoms with Crippen LogP contribution in [0.1, 0.15) is 12.5 Å². The lowest BCUT2D eigenvalue weighted by Crippen LogP contribution is -2.48. The third kappa shape index (κ3) is 4.78. The fourth-order valence-electron chi connectivity index (χ4n) is 3.60. The molecule has 0 radical (unpaired) electrons. The average molecular weight is 419 g/mol. The summed E-state index contributed by atoms with van der Waals surface area (Å²) in [5.74, 6) is 0. The molecular weight excluding hydrogens is 395 g/mol. The smallest absolute Gasteiger partial charge is 0.295 e. The molecule has 5 nitrogen and oxygen atoms in total. The highest BCUT2D eigenvalue weighted by molar-refractivity contribution is 6.42. The molecule has 4 rings (SSSR count). The molecule has 1 atom stereocenters. The summed E-state index contributed by atoms with van der Waals surface area (Å²) < 4.78 is 5.76.